The van der Waals surface area contributed by atoms with Crippen LogP contribution >= 0.6 is 15.9 Å². The summed E-state index contributed by atoms with van der Waals surface area (Å²) < 4.78 is 6.76. The van der Waals surface area contributed by atoms with Crippen molar-refractivity contribution in [3.63, 3.8) is 0 Å². The molecule has 0 aliphatic carbocycles. The first-order chi connectivity index (χ1) is 10.6. The van der Waals surface area contributed by atoms with Crippen molar-refractivity contribution in [2.24, 2.45) is 5.92 Å². The van der Waals surface area contributed by atoms with Crippen LogP contribution < -0.4 is 9.64 Å². The van der Waals surface area contributed by atoms with E-state index >= 15 is 0 Å². The molecule has 0 aromatic heterocycles. The predicted molar refractivity (Wildman–Crippen MR) is 91.4 cm³/mol. The van der Waals surface area contributed by atoms with Crippen molar-refractivity contribution in [1.29, 1.82) is 0 Å². The number of fused-ring (bicyclic) bond motifs is 1. The number of aryl methyl sites for hydroxylation is 1. The number of nitrogens with zero attached hydrogens (tertiary/aromatic N) is 1. The lowest BCUT2D eigenvalue weighted by atomic mass is 9.95. The van der Waals surface area contributed by atoms with E-state index < -0.39 is 0 Å². The number of rotatable bonds is 2. The second-order valence-corrected chi connectivity index (χ2v) is 6.56. The number of anilines is 1. The van der Waals surface area contributed by atoms with Crippen LogP contribution in [0, 0.1) is 12.8 Å². The van der Waals surface area contributed by atoms with Gasteiger partial charge in [-0.1, -0.05) is 34.1 Å². The summed E-state index contributed by atoms with van der Waals surface area (Å²) in [7, 11) is 1.83. The number of para-hydroxylation sites is 1. The van der Waals surface area contributed by atoms with Gasteiger partial charge in [0.2, 0.25) is 5.91 Å². The highest BCUT2D eigenvalue weighted by Gasteiger charge is 2.29. The molecule has 1 unspecified atom stereocenters. The highest BCUT2D eigenvalue weighted by Crippen LogP contribution is 2.29. The van der Waals surface area contributed by atoms with Gasteiger partial charge in [0.05, 0.1) is 5.92 Å². The standard InChI is InChI=1S/C18H18BrNO2/c1-12-9-15(19)7-8-16(12)20(2)18(21)14-10-13-5-3-4-6-17(13)22-11-14/h3-9,14H,10-11H2,1-2H3. The quantitative estimate of drug-likeness (QED) is 0.811. The monoisotopic (exact) mass is 359 g/mol. The summed E-state index contributed by atoms with van der Waals surface area (Å²) in [5.74, 6) is 0.858. The maximum Gasteiger partial charge on any atom is 0.233 e. The van der Waals surface area contributed by atoms with Gasteiger partial charge >= 0.3 is 0 Å². The first-order valence-electron chi connectivity index (χ1n) is 7.30. The van der Waals surface area contributed by atoms with Gasteiger partial charge in [-0.2, -0.15) is 0 Å². The lowest BCUT2D eigenvalue weighted by Gasteiger charge is -2.29. The van der Waals surface area contributed by atoms with E-state index in [1.54, 1.807) is 4.90 Å². The average molecular weight is 360 g/mol. The number of hydrogen-bond donors (Lipinski definition) is 0. The number of hydrogen-bond acceptors (Lipinski definition) is 2. The summed E-state index contributed by atoms with van der Waals surface area (Å²) in [5.41, 5.74) is 3.11. The number of benzene rings is 2. The molecule has 2 aromatic rings. The Balaban J connectivity index is 1.80. The number of carbonyl (C=O) groups excluding carboxylic acids is 1. The molecule has 1 aliphatic rings. The third-order valence-electron chi connectivity index (χ3n) is 4.08. The number of carbonyl (C=O) groups is 1. The third-order valence-corrected chi connectivity index (χ3v) is 4.57. The van der Waals surface area contributed by atoms with E-state index in [1.165, 1.54) is 0 Å². The lowest BCUT2D eigenvalue weighted by Crippen LogP contribution is -2.39. The normalized spacial score (nSPS) is 16.6. The largest absolute Gasteiger partial charge is 0.492 e. The van der Waals surface area contributed by atoms with Crippen LogP contribution in [-0.2, 0) is 11.2 Å². The van der Waals surface area contributed by atoms with Gasteiger partial charge in [0, 0.05) is 17.2 Å². The van der Waals surface area contributed by atoms with Gasteiger partial charge in [-0.15, -0.1) is 0 Å². The van der Waals surface area contributed by atoms with Gasteiger partial charge in [0.25, 0.3) is 0 Å². The van der Waals surface area contributed by atoms with E-state index in [4.69, 9.17) is 4.74 Å². The van der Waals surface area contributed by atoms with Crippen molar-refractivity contribution in [2.45, 2.75) is 13.3 Å². The molecule has 0 fully saturated rings. The predicted octanol–water partition coefficient (Wildman–Crippen LogP) is 3.97. The molecule has 0 N–H and O–H groups in total. The van der Waals surface area contributed by atoms with Gasteiger partial charge < -0.3 is 9.64 Å². The number of ether oxygens (including phenoxy) is 1. The summed E-state index contributed by atoms with van der Waals surface area (Å²) in [5, 5.41) is 0. The fourth-order valence-electron chi connectivity index (χ4n) is 2.87. The molecule has 1 heterocycles. The van der Waals surface area contributed by atoms with Crippen LogP contribution in [0.25, 0.3) is 0 Å². The molecule has 3 rings (SSSR count). The van der Waals surface area contributed by atoms with Crippen LogP contribution in [0.4, 0.5) is 5.69 Å². The second-order valence-electron chi connectivity index (χ2n) is 5.65. The molecule has 114 valence electrons. The van der Waals surface area contributed by atoms with Crippen molar-refractivity contribution in [2.75, 3.05) is 18.6 Å². The molecule has 0 saturated heterocycles. The first-order valence-corrected chi connectivity index (χ1v) is 8.10. The van der Waals surface area contributed by atoms with Crippen LogP contribution in [0.3, 0.4) is 0 Å². The minimum absolute atomic E-state index is 0.0972. The van der Waals surface area contributed by atoms with Crippen LogP contribution in [-0.4, -0.2) is 19.6 Å². The highest BCUT2D eigenvalue weighted by molar-refractivity contribution is 9.10. The Hall–Kier alpha value is -1.81. The molecular weight excluding hydrogens is 342 g/mol. The number of amides is 1. The zero-order valence-electron chi connectivity index (χ0n) is 12.7. The zero-order valence-corrected chi connectivity index (χ0v) is 14.3. The van der Waals surface area contributed by atoms with Crippen LogP contribution in [0.1, 0.15) is 11.1 Å². The Morgan fingerprint density at radius 3 is 2.82 bits per heavy atom. The molecule has 1 amide bonds. The molecule has 0 radical (unpaired) electrons. The van der Waals surface area contributed by atoms with Crippen LogP contribution in [0.15, 0.2) is 46.9 Å². The highest BCUT2D eigenvalue weighted by atomic mass is 79.9. The first kappa shape index (κ1) is 15.1. The zero-order chi connectivity index (χ0) is 15.7. The third kappa shape index (κ3) is 2.88. The van der Waals surface area contributed by atoms with Gasteiger partial charge in [0.1, 0.15) is 12.4 Å². The van der Waals surface area contributed by atoms with Crippen molar-refractivity contribution in [3.05, 3.63) is 58.1 Å². The van der Waals surface area contributed by atoms with Gasteiger partial charge in [-0.3, -0.25) is 4.79 Å². The minimum Gasteiger partial charge on any atom is -0.492 e. The SMILES string of the molecule is Cc1cc(Br)ccc1N(C)C(=O)C1COc2ccccc2C1. The maximum absolute atomic E-state index is 12.8. The summed E-state index contributed by atoms with van der Waals surface area (Å²) in [6.07, 6.45) is 0.731. The van der Waals surface area contributed by atoms with Crippen molar-refractivity contribution >= 4 is 27.5 Å². The molecule has 1 atom stereocenters. The summed E-state index contributed by atoms with van der Waals surface area (Å²) in [6.45, 7) is 2.45. The molecule has 3 nitrogen and oxygen atoms in total. The molecule has 0 spiro atoms. The Labute approximate surface area is 139 Å². The topological polar surface area (TPSA) is 29.5 Å². The van der Waals surface area contributed by atoms with E-state index in [9.17, 15) is 4.79 Å². The summed E-state index contributed by atoms with van der Waals surface area (Å²) in [6, 6.07) is 13.9. The van der Waals surface area contributed by atoms with Gasteiger partial charge in [-0.25, -0.2) is 0 Å². The fourth-order valence-corrected chi connectivity index (χ4v) is 3.35. The van der Waals surface area contributed by atoms with Gasteiger partial charge in [-0.05, 0) is 48.7 Å². The molecular formula is C18H18BrNO2. The minimum atomic E-state index is -0.136. The van der Waals surface area contributed by atoms with Crippen LogP contribution in [0.5, 0.6) is 5.75 Å². The van der Waals surface area contributed by atoms with Gasteiger partial charge in [0.15, 0.2) is 0 Å². The second kappa shape index (κ2) is 6.13. The fraction of sp³-hybridized carbons (Fsp3) is 0.278. The van der Waals surface area contributed by atoms with E-state index in [-0.39, 0.29) is 11.8 Å². The van der Waals surface area contributed by atoms with Crippen molar-refractivity contribution < 1.29 is 9.53 Å². The lowest BCUT2D eigenvalue weighted by molar-refractivity contribution is -0.123. The molecule has 2 aromatic carbocycles. The molecule has 1 aliphatic heterocycles. The molecule has 0 bridgehead atoms. The van der Waals surface area contributed by atoms with E-state index in [0.29, 0.717) is 6.61 Å². The van der Waals surface area contributed by atoms with Crippen molar-refractivity contribution in [1.82, 2.24) is 0 Å². The Kier molecular flexibility index (Phi) is 4.21. The Morgan fingerprint density at radius 1 is 1.27 bits per heavy atom. The summed E-state index contributed by atoms with van der Waals surface area (Å²) in [4.78, 5) is 14.5. The van der Waals surface area contributed by atoms with E-state index in [0.717, 1.165) is 33.5 Å². The smallest absolute Gasteiger partial charge is 0.233 e. The molecule has 22 heavy (non-hydrogen) atoms. The Morgan fingerprint density at radius 2 is 2.05 bits per heavy atom. The average Bonchev–Trinajstić information content (AvgIpc) is 2.53. The number of halogens is 1. The van der Waals surface area contributed by atoms with Crippen LogP contribution in [0.2, 0.25) is 0 Å². The van der Waals surface area contributed by atoms with E-state index in [1.807, 2.05) is 56.4 Å². The maximum atomic E-state index is 12.8. The Bertz CT molecular complexity index is 714. The molecule has 0 saturated carbocycles. The molecule has 4 heteroatoms. The van der Waals surface area contributed by atoms with E-state index in [2.05, 4.69) is 15.9 Å². The summed E-state index contributed by atoms with van der Waals surface area (Å²) >= 11 is 3.45. The van der Waals surface area contributed by atoms with Crippen molar-refractivity contribution in [3.8, 4) is 5.75 Å².